The fourth-order valence-electron chi connectivity index (χ4n) is 1.78. The van der Waals surface area contributed by atoms with E-state index in [-0.39, 0.29) is 12.1 Å². The van der Waals surface area contributed by atoms with Crippen molar-refractivity contribution in [3.8, 4) is 0 Å². The van der Waals surface area contributed by atoms with E-state index in [4.69, 9.17) is 4.74 Å². The van der Waals surface area contributed by atoms with Crippen LogP contribution in [0.1, 0.15) is 13.8 Å². The smallest absolute Gasteiger partial charge is 0.254 e. The number of rotatable bonds is 2. The summed E-state index contributed by atoms with van der Waals surface area (Å²) < 4.78 is 32.9. The zero-order valence-corrected chi connectivity index (χ0v) is 12.8. The van der Waals surface area contributed by atoms with Crippen LogP contribution < -0.4 is 0 Å². The standard InChI is InChI=1S/C10H14BrNO3S2/c1-7-6-15-8(2)5-12(7)17(13,14)10-9(11)3-4-16-10/h3-4,7-8H,5-6H2,1-2H3. The Kier molecular flexibility index (Phi) is 3.94. The molecule has 0 aromatic carbocycles. The third-order valence-electron chi connectivity index (χ3n) is 2.68. The zero-order chi connectivity index (χ0) is 12.6. The molecule has 0 spiro atoms. The summed E-state index contributed by atoms with van der Waals surface area (Å²) in [5, 5.41) is 1.77. The molecule has 0 saturated carbocycles. The molecule has 2 unspecified atom stereocenters. The van der Waals surface area contributed by atoms with Gasteiger partial charge in [0, 0.05) is 17.1 Å². The van der Waals surface area contributed by atoms with Gasteiger partial charge in [0.25, 0.3) is 10.0 Å². The van der Waals surface area contributed by atoms with Gasteiger partial charge in [-0.3, -0.25) is 0 Å². The van der Waals surface area contributed by atoms with Crippen LogP contribution in [0.3, 0.4) is 0 Å². The highest BCUT2D eigenvalue weighted by molar-refractivity contribution is 9.10. The molecule has 1 aliphatic rings. The van der Waals surface area contributed by atoms with Crippen molar-refractivity contribution in [2.75, 3.05) is 13.2 Å². The Morgan fingerprint density at radius 1 is 1.53 bits per heavy atom. The first-order chi connectivity index (χ1) is 7.93. The largest absolute Gasteiger partial charge is 0.375 e. The number of morpholine rings is 1. The molecule has 0 amide bonds. The molecule has 1 saturated heterocycles. The topological polar surface area (TPSA) is 46.6 Å². The van der Waals surface area contributed by atoms with Crippen LogP contribution in [0.5, 0.6) is 0 Å². The Labute approximate surface area is 114 Å². The Morgan fingerprint density at radius 2 is 2.24 bits per heavy atom. The number of ether oxygens (including phenoxy) is 1. The van der Waals surface area contributed by atoms with Crippen molar-refractivity contribution in [3.63, 3.8) is 0 Å². The van der Waals surface area contributed by atoms with Crippen molar-refractivity contribution in [1.29, 1.82) is 0 Å². The highest BCUT2D eigenvalue weighted by atomic mass is 79.9. The molecule has 2 atom stereocenters. The van der Waals surface area contributed by atoms with Gasteiger partial charge in [-0.25, -0.2) is 8.42 Å². The molecule has 0 N–H and O–H groups in total. The second-order valence-electron chi connectivity index (χ2n) is 4.12. The zero-order valence-electron chi connectivity index (χ0n) is 9.59. The lowest BCUT2D eigenvalue weighted by atomic mass is 10.2. The summed E-state index contributed by atoms with van der Waals surface area (Å²) in [5.74, 6) is 0. The average molecular weight is 340 g/mol. The number of nitrogens with zero attached hydrogens (tertiary/aromatic N) is 1. The van der Waals surface area contributed by atoms with E-state index < -0.39 is 10.0 Å². The van der Waals surface area contributed by atoms with Crippen LogP contribution in [0.15, 0.2) is 20.1 Å². The Hall–Kier alpha value is 0.0500. The van der Waals surface area contributed by atoms with Gasteiger partial charge in [0.2, 0.25) is 0 Å². The van der Waals surface area contributed by atoms with Gasteiger partial charge in [0.1, 0.15) is 4.21 Å². The Bertz CT molecular complexity index is 499. The summed E-state index contributed by atoms with van der Waals surface area (Å²) >= 11 is 4.51. The van der Waals surface area contributed by atoms with Crippen molar-refractivity contribution < 1.29 is 13.2 Å². The minimum Gasteiger partial charge on any atom is -0.375 e. The normalized spacial score (nSPS) is 27.2. The molecule has 4 nitrogen and oxygen atoms in total. The highest BCUT2D eigenvalue weighted by Gasteiger charge is 2.35. The second-order valence-corrected chi connectivity index (χ2v) is 7.98. The number of hydrogen-bond acceptors (Lipinski definition) is 4. The molecule has 0 bridgehead atoms. The van der Waals surface area contributed by atoms with Crippen molar-refractivity contribution in [2.24, 2.45) is 0 Å². The van der Waals surface area contributed by atoms with E-state index in [1.807, 2.05) is 13.8 Å². The number of thiophene rings is 1. The van der Waals surface area contributed by atoms with E-state index in [0.29, 0.717) is 21.8 Å². The van der Waals surface area contributed by atoms with E-state index in [1.165, 1.54) is 15.6 Å². The van der Waals surface area contributed by atoms with Gasteiger partial charge in [0.15, 0.2) is 0 Å². The van der Waals surface area contributed by atoms with Crippen LogP contribution in [-0.4, -0.2) is 38.0 Å². The van der Waals surface area contributed by atoms with Crippen LogP contribution in [-0.2, 0) is 14.8 Å². The van der Waals surface area contributed by atoms with Gasteiger partial charge in [0.05, 0.1) is 12.7 Å². The first-order valence-corrected chi connectivity index (χ1v) is 8.40. The molecule has 1 aromatic heterocycles. The number of hydrogen-bond donors (Lipinski definition) is 0. The van der Waals surface area contributed by atoms with Gasteiger partial charge in [-0.05, 0) is 41.2 Å². The lowest BCUT2D eigenvalue weighted by Gasteiger charge is -2.35. The molecule has 7 heteroatoms. The monoisotopic (exact) mass is 339 g/mol. The SMILES string of the molecule is CC1CN(S(=O)(=O)c2sccc2Br)C(C)CO1. The summed E-state index contributed by atoms with van der Waals surface area (Å²) in [5.41, 5.74) is 0. The highest BCUT2D eigenvalue weighted by Crippen LogP contribution is 2.32. The number of sulfonamides is 1. The molecule has 96 valence electrons. The lowest BCUT2D eigenvalue weighted by molar-refractivity contribution is -0.0170. The van der Waals surface area contributed by atoms with Crippen LogP contribution in [0, 0.1) is 0 Å². The molecule has 2 rings (SSSR count). The predicted molar refractivity (Wildman–Crippen MR) is 70.8 cm³/mol. The number of halogens is 1. The molecular formula is C10H14BrNO3S2. The third-order valence-corrected chi connectivity index (χ3v) is 7.31. The van der Waals surface area contributed by atoms with Gasteiger partial charge in [-0.2, -0.15) is 4.31 Å². The average Bonchev–Trinajstić information content (AvgIpc) is 2.68. The van der Waals surface area contributed by atoms with Crippen molar-refractivity contribution >= 4 is 37.3 Å². The van der Waals surface area contributed by atoms with Gasteiger partial charge < -0.3 is 4.74 Å². The van der Waals surface area contributed by atoms with E-state index in [9.17, 15) is 8.42 Å². The maximum absolute atomic E-state index is 12.5. The second kappa shape index (κ2) is 4.97. The summed E-state index contributed by atoms with van der Waals surface area (Å²) in [4.78, 5) is 0. The van der Waals surface area contributed by atoms with Crippen LogP contribution in [0.25, 0.3) is 0 Å². The fraction of sp³-hybridized carbons (Fsp3) is 0.600. The molecule has 1 aromatic rings. The Morgan fingerprint density at radius 3 is 2.82 bits per heavy atom. The minimum atomic E-state index is -3.41. The predicted octanol–water partition coefficient (Wildman–Crippen LogP) is 2.31. The maximum atomic E-state index is 12.5. The van der Waals surface area contributed by atoms with E-state index >= 15 is 0 Å². The summed E-state index contributed by atoms with van der Waals surface area (Å²) in [7, 11) is -3.41. The maximum Gasteiger partial charge on any atom is 0.254 e. The molecule has 17 heavy (non-hydrogen) atoms. The fourth-order valence-corrected chi connectivity index (χ4v) is 5.90. The molecule has 0 aliphatic carbocycles. The van der Waals surface area contributed by atoms with E-state index in [1.54, 1.807) is 11.4 Å². The van der Waals surface area contributed by atoms with Gasteiger partial charge in [-0.15, -0.1) is 11.3 Å². The van der Waals surface area contributed by atoms with Gasteiger partial charge in [-0.1, -0.05) is 0 Å². The minimum absolute atomic E-state index is 0.0558. The summed E-state index contributed by atoms with van der Waals surface area (Å²) in [6, 6.07) is 1.64. The molecule has 1 aliphatic heterocycles. The first kappa shape index (κ1) is 13.5. The van der Waals surface area contributed by atoms with Crippen molar-refractivity contribution in [3.05, 3.63) is 15.9 Å². The summed E-state index contributed by atoms with van der Waals surface area (Å²) in [6.45, 7) is 4.61. The van der Waals surface area contributed by atoms with Crippen molar-refractivity contribution in [1.82, 2.24) is 4.31 Å². The molecule has 1 fully saturated rings. The molecule has 2 heterocycles. The van der Waals surface area contributed by atoms with Crippen LogP contribution in [0.4, 0.5) is 0 Å². The first-order valence-electron chi connectivity index (χ1n) is 5.29. The van der Waals surface area contributed by atoms with Crippen LogP contribution in [0.2, 0.25) is 0 Å². The van der Waals surface area contributed by atoms with E-state index in [2.05, 4.69) is 15.9 Å². The summed E-state index contributed by atoms with van der Waals surface area (Å²) in [6.07, 6.45) is -0.0558. The van der Waals surface area contributed by atoms with Crippen LogP contribution >= 0.6 is 27.3 Å². The van der Waals surface area contributed by atoms with Crippen molar-refractivity contribution in [2.45, 2.75) is 30.2 Å². The van der Waals surface area contributed by atoms with Gasteiger partial charge >= 0.3 is 0 Å². The lowest BCUT2D eigenvalue weighted by Crippen LogP contribution is -2.49. The third kappa shape index (κ3) is 2.58. The van der Waals surface area contributed by atoms with E-state index in [0.717, 1.165) is 0 Å². The molecule has 0 radical (unpaired) electrons. The molecular weight excluding hydrogens is 326 g/mol. The quantitative estimate of drug-likeness (QED) is 0.830. The Balaban J connectivity index is 2.35.